The number of hydrogen-bond acceptors (Lipinski definition) is 0. The third-order valence-corrected chi connectivity index (χ3v) is 1.30. The van der Waals surface area contributed by atoms with Crippen LogP contribution in [-0.4, -0.2) is 4.57 Å². The van der Waals surface area contributed by atoms with E-state index in [4.69, 9.17) is 6.58 Å². The minimum absolute atomic E-state index is 0.889. The maximum atomic E-state index is 5.62. The summed E-state index contributed by atoms with van der Waals surface area (Å²) < 4.78 is 1.92. The van der Waals surface area contributed by atoms with Gasteiger partial charge in [-0.15, -0.1) is 0 Å². The summed E-state index contributed by atoms with van der Waals surface area (Å²) >= 11 is 0. The highest BCUT2D eigenvalue weighted by atomic mass is 14.9. The Hall–Kier alpha value is -0.980. The van der Waals surface area contributed by atoms with Crippen molar-refractivity contribution in [2.45, 2.75) is 13.3 Å². The predicted molar refractivity (Wildman–Crippen MR) is 38.7 cm³/mol. The van der Waals surface area contributed by atoms with Crippen molar-refractivity contribution < 1.29 is 0 Å². The molecule has 0 saturated carbocycles. The van der Waals surface area contributed by atoms with Gasteiger partial charge in [-0.1, -0.05) is 6.92 Å². The Morgan fingerprint density at radius 3 is 2.44 bits per heavy atom. The molecule has 0 unspecified atom stereocenters. The second-order valence-corrected chi connectivity index (χ2v) is 1.94. The molecule has 0 bridgehead atoms. The highest BCUT2D eigenvalue weighted by Gasteiger charge is 1.88. The average Bonchev–Trinajstić information content (AvgIpc) is 2.37. The predicted octanol–water partition coefficient (Wildman–Crippen LogP) is 2.17. The van der Waals surface area contributed by atoms with E-state index < -0.39 is 0 Å². The summed E-state index contributed by atoms with van der Waals surface area (Å²) in [6, 6.07) is 3.92. The molecule has 0 aliphatic carbocycles. The summed E-state index contributed by atoms with van der Waals surface area (Å²) in [5.74, 6) is 0. The van der Waals surface area contributed by atoms with Crippen LogP contribution in [0.4, 0.5) is 0 Å². The fourth-order valence-corrected chi connectivity index (χ4v) is 0.709. The van der Waals surface area contributed by atoms with E-state index in [0.717, 1.165) is 12.1 Å². The molecule has 9 heavy (non-hydrogen) atoms. The van der Waals surface area contributed by atoms with Crippen LogP contribution in [0.5, 0.6) is 0 Å². The van der Waals surface area contributed by atoms with Crippen molar-refractivity contribution in [1.82, 2.24) is 4.57 Å². The Bertz CT molecular complexity index is 184. The van der Waals surface area contributed by atoms with Crippen molar-refractivity contribution in [1.29, 1.82) is 0 Å². The quantitative estimate of drug-likeness (QED) is 0.563. The van der Waals surface area contributed by atoms with E-state index in [0.29, 0.717) is 0 Å². The van der Waals surface area contributed by atoms with E-state index in [2.05, 4.69) is 0 Å². The molecule has 1 aromatic heterocycles. The molecule has 1 rings (SSSR count). The van der Waals surface area contributed by atoms with Gasteiger partial charge in [-0.05, 0) is 25.1 Å². The van der Waals surface area contributed by atoms with Gasteiger partial charge < -0.3 is 4.57 Å². The molecule has 0 N–H and O–H groups in total. The summed E-state index contributed by atoms with van der Waals surface area (Å²) in [7, 11) is 0. The average molecular weight is 120 g/mol. The van der Waals surface area contributed by atoms with E-state index in [1.54, 1.807) is 0 Å². The first kappa shape index (κ1) is 6.14. The first-order valence-electron chi connectivity index (χ1n) is 3.09. The van der Waals surface area contributed by atoms with E-state index in [1.807, 2.05) is 36.0 Å². The Morgan fingerprint density at radius 2 is 2.00 bits per heavy atom. The summed E-state index contributed by atoms with van der Waals surface area (Å²) in [6.45, 7) is 7.66. The lowest BCUT2D eigenvalue weighted by Gasteiger charge is -2.00. The number of rotatable bonds is 2. The lowest BCUT2D eigenvalue weighted by Crippen LogP contribution is -1.88. The molecule has 1 aromatic rings. The lowest BCUT2D eigenvalue weighted by atomic mass is 10.4. The van der Waals surface area contributed by atoms with Gasteiger partial charge in [0.05, 0.1) is 0 Å². The molecular weight excluding hydrogens is 110 g/mol. The smallest absolute Gasteiger partial charge is 0.0218 e. The van der Waals surface area contributed by atoms with Gasteiger partial charge >= 0.3 is 0 Å². The molecule has 1 radical (unpaired) electrons. The third-order valence-electron chi connectivity index (χ3n) is 1.30. The van der Waals surface area contributed by atoms with Crippen molar-refractivity contribution >= 4 is 5.70 Å². The molecule has 0 aliphatic rings. The minimum Gasteiger partial charge on any atom is -0.328 e. The monoisotopic (exact) mass is 120 g/mol. The molecule has 47 valence electrons. The SMILES string of the molecule is [CH]=C(CC)n1cccc1. The van der Waals surface area contributed by atoms with Gasteiger partial charge in [-0.25, -0.2) is 0 Å². The van der Waals surface area contributed by atoms with Crippen LogP contribution in [0, 0.1) is 6.58 Å². The molecule has 0 amide bonds. The molecule has 0 atom stereocenters. The molecular formula is C8H10N. The van der Waals surface area contributed by atoms with Gasteiger partial charge in [-0.3, -0.25) is 0 Å². The van der Waals surface area contributed by atoms with E-state index in [-0.39, 0.29) is 0 Å². The lowest BCUT2D eigenvalue weighted by molar-refractivity contribution is 1.02. The van der Waals surface area contributed by atoms with Gasteiger partial charge in [0.1, 0.15) is 0 Å². The molecule has 1 heterocycles. The Balaban J connectivity index is 2.77. The topological polar surface area (TPSA) is 4.93 Å². The summed E-state index contributed by atoms with van der Waals surface area (Å²) in [5, 5.41) is 0. The van der Waals surface area contributed by atoms with Crippen LogP contribution in [0.25, 0.3) is 5.70 Å². The zero-order valence-electron chi connectivity index (χ0n) is 5.54. The summed E-state index contributed by atoms with van der Waals surface area (Å²) in [4.78, 5) is 0. The van der Waals surface area contributed by atoms with Crippen LogP contribution in [0.3, 0.4) is 0 Å². The zero-order chi connectivity index (χ0) is 6.69. The van der Waals surface area contributed by atoms with Crippen molar-refractivity contribution in [2.75, 3.05) is 0 Å². The maximum absolute atomic E-state index is 5.62. The molecule has 0 fully saturated rings. The van der Waals surface area contributed by atoms with Crippen LogP contribution in [0.1, 0.15) is 13.3 Å². The molecule has 0 aromatic carbocycles. The minimum atomic E-state index is 0.889. The van der Waals surface area contributed by atoms with Gasteiger partial charge in [0, 0.05) is 18.1 Å². The van der Waals surface area contributed by atoms with Crippen molar-refractivity contribution in [2.24, 2.45) is 0 Å². The summed E-state index contributed by atoms with van der Waals surface area (Å²) in [6.07, 6.45) is 4.78. The van der Waals surface area contributed by atoms with Crippen molar-refractivity contribution in [3.63, 3.8) is 0 Å². The van der Waals surface area contributed by atoms with Crippen LogP contribution < -0.4 is 0 Å². The fraction of sp³-hybridized carbons (Fsp3) is 0.250. The highest BCUT2D eigenvalue weighted by Crippen LogP contribution is 2.04. The largest absolute Gasteiger partial charge is 0.328 e. The Morgan fingerprint density at radius 1 is 1.44 bits per heavy atom. The highest BCUT2D eigenvalue weighted by molar-refractivity contribution is 5.38. The van der Waals surface area contributed by atoms with Gasteiger partial charge in [0.2, 0.25) is 0 Å². The van der Waals surface area contributed by atoms with Crippen LogP contribution in [-0.2, 0) is 0 Å². The van der Waals surface area contributed by atoms with Gasteiger partial charge in [0.25, 0.3) is 0 Å². The second kappa shape index (κ2) is 2.53. The van der Waals surface area contributed by atoms with Gasteiger partial charge in [-0.2, -0.15) is 0 Å². The number of allylic oxidation sites excluding steroid dienone is 1. The first-order chi connectivity index (χ1) is 4.34. The normalized spacial score (nSPS) is 9.44. The van der Waals surface area contributed by atoms with E-state index in [1.165, 1.54) is 0 Å². The number of nitrogens with zero attached hydrogens (tertiary/aromatic N) is 1. The number of aromatic nitrogens is 1. The third kappa shape index (κ3) is 1.22. The van der Waals surface area contributed by atoms with Crippen LogP contribution >= 0.6 is 0 Å². The zero-order valence-corrected chi connectivity index (χ0v) is 5.54. The Kier molecular flexibility index (Phi) is 1.73. The van der Waals surface area contributed by atoms with Crippen LogP contribution in [0.2, 0.25) is 0 Å². The molecule has 1 heteroatoms. The van der Waals surface area contributed by atoms with Crippen molar-refractivity contribution in [3.05, 3.63) is 31.1 Å². The van der Waals surface area contributed by atoms with E-state index in [9.17, 15) is 0 Å². The van der Waals surface area contributed by atoms with Gasteiger partial charge in [0.15, 0.2) is 0 Å². The first-order valence-corrected chi connectivity index (χ1v) is 3.09. The second-order valence-electron chi connectivity index (χ2n) is 1.94. The van der Waals surface area contributed by atoms with E-state index >= 15 is 0 Å². The van der Waals surface area contributed by atoms with Crippen molar-refractivity contribution in [3.8, 4) is 0 Å². The fourth-order valence-electron chi connectivity index (χ4n) is 0.709. The van der Waals surface area contributed by atoms with Crippen LogP contribution in [0.15, 0.2) is 24.5 Å². The number of hydrogen-bond donors (Lipinski definition) is 0. The maximum Gasteiger partial charge on any atom is 0.0218 e. The molecule has 0 aliphatic heterocycles. The summed E-state index contributed by atoms with van der Waals surface area (Å²) in [5.41, 5.74) is 0.889. The standard InChI is InChI=1S/C8H10N/c1-3-8(2)9-6-4-5-7-9/h2,4-7H,3H2,1H3. The molecule has 1 nitrogen and oxygen atoms in total. The molecule has 0 spiro atoms. The molecule has 0 saturated heterocycles. The Labute approximate surface area is 55.6 Å².